The second-order valence-electron chi connectivity index (χ2n) is 2.94. The molecular formula is C8H14Cl2N2S. The molecule has 0 aromatic rings. The Balaban J connectivity index is 2.44. The van der Waals surface area contributed by atoms with Crippen molar-refractivity contribution in [1.29, 1.82) is 0 Å². The maximum absolute atomic E-state index is 5.67. The van der Waals surface area contributed by atoms with E-state index in [1.807, 2.05) is 11.1 Å². The van der Waals surface area contributed by atoms with Gasteiger partial charge >= 0.3 is 0 Å². The fraction of sp³-hybridized carbons (Fsp3) is 0.750. The second-order valence-corrected chi connectivity index (χ2v) is 6.95. The van der Waals surface area contributed by atoms with Crippen LogP contribution in [0.25, 0.3) is 0 Å². The van der Waals surface area contributed by atoms with Crippen molar-refractivity contribution in [3.8, 4) is 0 Å². The summed E-state index contributed by atoms with van der Waals surface area (Å²) in [4.78, 5) is 0. The lowest BCUT2D eigenvalue weighted by Crippen LogP contribution is -2.11. The van der Waals surface area contributed by atoms with Crippen molar-refractivity contribution in [1.82, 2.24) is 0 Å². The van der Waals surface area contributed by atoms with Gasteiger partial charge < -0.3 is 0 Å². The van der Waals surface area contributed by atoms with Crippen molar-refractivity contribution < 1.29 is 0 Å². The van der Waals surface area contributed by atoms with Gasteiger partial charge in [0, 0.05) is 11.8 Å². The molecule has 0 spiro atoms. The number of hydrogen-bond acceptors (Lipinski definition) is 2. The number of nitrogens with zero attached hydrogens (tertiary/aromatic N) is 2. The van der Waals surface area contributed by atoms with Crippen LogP contribution in [0.15, 0.2) is 10.2 Å². The fourth-order valence-electron chi connectivity index (χ4n) is 1.23. The van der Waals surface area contributed by atoms with E-state index < -0.39 is 10.0 Å². The first-order chi connectivity index (χ1) is 6.33. The van der Waals surface area contributed by atoms with Gasteiger partial charge in [0.25, 0.3) is 0 Å². The van der Waals surface area contributed by atoms with Crippen molar-refractivity contribution in [2.24, 2.45) is 10.2 Å². The highest BCUT2D eigenvalue weighted by Gasteiger charge is 2.21. The highest BCUT2D eigenvalue weighted by atomic mass is 35.5. The lowest BCUT2D eigenvalue weighted by atomic mass is 10.6. The molecule has 1 aliphatic heterocycles. The molecule has 13 heavy (non-hydrogen) atoms. The molecular weight excluding hydrogens is 227 g/mol. The molecule has 0 fully saturated rings. The molecule has 0 bridgehead atoms. The molecule has 0 saturated heterocycles. The van der Waals surface area contributed by atoms with Crippen molar-refractivity contribution in [3.05, 3.63) is 0 Å². The Morgan fingerprint density at radius 1 is 0.923 bits per heavy atom. The van der Waals surface area contributed by atoms with Gasteiger partial charge in [-0.1, -0.05) is 0 Å². The highest BCUT2D eigenvalue weighted by Crippen LogP contribution is 2.46. The molecule has 1 aliphatic rings. The van der Waals surface area contributed by atoms with E-state index in [1.54, 1.807) is 0 Å². The van der Waals surface area contributed by atoms with Gasteiger partial charge in [0.2, 0.25) is 0 Å². The third kappa shape index (κ3) is 3.49. The first-order valence-electron chi connectivity index (χ1n) is 4.30. The van der Waals surface area contributed by atoms with Crippen LogP contribution in [0, 0.1) is 0 Å². The van der Waals surface area contributed by atoms with Gasteiger partial charge in [-0.15, -0.1) is 23.2 Å². The molecule has 1 rings (SSSR count). The van der Waals surface area contributed by atoms with Crippen molar-refractivity contribution in [3.63, 3.8) is 0 Å². The molecule has 76 valence electrons. The molecule has 0 amide bonds. The standard InChI is InChI=1S/C8H14Cl2N2S/c9-3-1-5-13(6-2-4-10)7-11-12-8-13/h7-8H,1-6H2. The lowest BCUT2D eigenvalue weighted by molar-refractivity contribution is 1.08. The first-order valence-corrected chi connectivity index (χ1v) is 7.47. The van der Waals surface area contributed by atoms with Crippen LogP contribution in [0.1, 0.15) is 12.8 Å². The molecule has 5 heteroatoms. The minimum atomic E-state index is -0.838. The van der Waals surface area contributed by atoms with E-state index in [1.165, 1.54) is 0 Å². The van der Waals surface area contributed by atoms with Crippen LogP contribution in [0.3, 0.4) is 0 Å². The molecule has 0 radical (unpaired) electrons. The fourth-order valence-corrected chi connectivity index (χ4v) is 4.34. The second kappa shape index (κ2) is 5.89. The molecule has 0 N–H and O–H groups in total. The number of rotatable bonds is 6. The Morgan fingerprint density at radius 3 is 1.77 bits per heavy atom. The first kappa shape index (κ1) is 11.3. The Hall–Kier alpha value is 0.270. The predicted octanol–water partition coefficient (Wildman–Crippen LogP) is 3.03. The summed E-state index contributed by atoms with van der Waals surface area (Å²) >= 11 is 11.3. The number of alkyl halides is 2. The van der Waals surface area contributed by atoms with Gasteiger partial charge in [-0.25, -0.2) is 0 Å². The van der Waals surface area contributed by atoms with E-state index in [4.69, 9.17) is 23.2 Å². The van der Waals surface area contributed by atoms with E-state index in [9.17, 15) is 0 Å². The third-order valence-electron chi connectivity index (χ3n) is 1.90. The Labute approximate surface area is 90.7 Å². The van der Waals surface area contributed by atoms with Gasteiger partial charge in [-0.05, 0) is 24.3 Å². The zero-order valence-electron chi connectivity index (χ0n) is 7.46. The maximum atomic E-state index is 5.67. The van der Waals surface area contributed by atoms with Crippen LogP contribution in [-0.2, 0) is 0 Å². The van der Waals surface area contributed by atoms with Crippen molar-refractivity contribution >= 4 is 44.3 Å². The lowest BCUT2D eigenvalue weighted by Gasteiger charge is -2.27. The van der Waals surface area contributed by atoms with E-state index in [2.05, 4.69) is 10.2 Å². The van der Waals surface area contributed by atoms with Crippen LogP contribution < -0.4 is 0 Å². The van der Waals surface area contributed by atoms with E-state index in [0.717, 1.165) is 36.1 Å². The Bertz CT molecular complexity index is 184. The van der Waals surface area contributed by atoms with E-state index in [0.29, 0.717) is 0 Å². The summed E-state index contributed by atoms with van der Waals surface area (Å²) in [5.41, 5.74) is 4.01. The SMILES string of the molecule is ClCCCS1(CCCCl)C=NN=C1. The largest absolute Gasteiger partial charge is 0.164 e. The molecule has 0 unspecified atom stereocenters. The monoisotopic (exact) mass is 240 g/mol. The Morgan fingerprint density at radius 2 is 1.38 bits per heavy atom. The van der Waals surface area contributed by atoms with E-state index in [-0.39, 0.29) is 0 Å². The minimum Gasteiger partial charge on any atom is -0.164 e. The predicted molar refractivity (Wildman–Crippen MR) is 65.0 cm³/mol. The molecule has 2 nitrogen and oxygen atoms in total. The van der Waals surface area contributed by atoms with Gasteiger partial charge in [0.05, 0.1) is 11.1 Å². The minimum absolute atomic E-state index is 0.720. The Kier molecular flexibility index (Phi) is 5.14. The summed E-state index contributed by atoms with van der Waals surface area (Å²) in [6.45, 7) is 0. The highest BCUT2D eigenvalue weighted by molar-refractivity contribution is 8.53. The molecule has 0 aromatic carbocycles. The van der Waals surface area contributed by atoms with Gasteiger partial charge in [0.15, 0.2) is 0 Å². The van der Waals surface area contributed by atoms with Gasteiger partial charge in [0.1, 0.15) is 0 Å². The van der Waals surface area contributed by atoms with Crippen molar-refractivity contribution in [2.45, 2.75) is 12.8 Å². The average molecular weight is 241 g/mol. The third-order valence-corrected chi connectivity index (χ3v) is 5.56. The van der Waals surface area contributed by atoms with Crippen LogP contribution in [0.2, 0.25) is 0 Å². The molecule has 0 aliphatic carbocycles. The molecule has 0 atom stereocenters. The van der Waals surface area contributed by atoms with E-state index >= 15 is 0 Å². The quantitative estimate of drug-likeness (QED) is 0.638. The van der Waals surface area contributed by atoms with Crippen LogP contribution >= 0.6 is 33.2 Å². The maximum Gasteiger partial charge on any atom is 0.0704 e. The van der Waals surface area contributed by atoms with Gasteiger partial charge in [-0.3, -0.25) is 0 Å². The normalized spacial score (nSPS) is 20.8. The smallest absolute Gasteiger partial charge is 0.0704 e. The number of hydrogen-bond donors (Lipinski definition) is 0. The zero-order chi connectivity index (χ0) is 9.57. The van der Waals surface area contributed by atoms with Crippen LogP contribution in [0.4, 0.5) is 0 Å². The van der Waals surface area contributed by atoms with Gasteiger partial charge in [-0.2, -0.15) is 20.2 Å². The summed E-state index contributed by atoms with van der Waals surface area (Å²) in [6.07, 6.45) is 2.08. The molecule has 0 saturated carbocycles. The summed E-state index contributed by atoms with van der Waals surface area (Å²) in [5.74, 6) is 3.66. The average Bonchev–Trinajstić information content (AvgIpc) is 2.61. The van der Waals surface area contributed by atoms with Crippen LogP contribution in [-0.4, -0.2) is 34.4 Å². The zero-order valence-corrected chi connectivity index (χ0v) is 9.78. The summed E-state index contributed by atoms with van der Waals surface area (Å²) in [7, 11) is -0.838. The summed E-state index contributed by atoms with van der Waals surface area (Å²) < 4.78 is 0. The van der Waals surface area contributed by atoms with Crippen molar-refractivity contribution in [2.75, 3.05) is 23.3 Å². The topological polar surface area (TPSA) is 24.7 Å². The molecule has 1 heterocycles. The summed E-state index contributed by atoms with van der Waals surface area (Å²) in [6, 6.07) is 0. The summed E-state index contributed by atoms with van der Waals surface area (Å²) in [5, 5.41) is 7.88. The molecule has 0 aromatic heterocycles. The number of halogens is 2. The van der Waals surface area contributed by atoms with Crippen LogP contribution in [0.5, 0.6) is 0 Å².